The highest BCUT2D eigenvalue weighted by Crippen LogP contribution is 2.17. The van der Waals surface area contributed by atoms with Crippen LogP contribution in [0.3, 0.4) is 0 Å². The normalized spacial score (nSPS) is 13.9. The quantitative estimate of drug-likeness (QED) is 0.844. The van der Waals surface area contributed by atoms with Gasteiger partial charge in [-0.3, -0.25) is 0 Å². The molecule has 0 spiro atoms. The van der Waals surface area contributed by atoms with E-state index in [2.05, 4.69) is 52.4 Å². The molecule has 20 heavy (non-hydrogen) atoms. The molecule has 3 heteroatoms. The van der Waals surface area contributed by atoms with Crippen LogP contribution < -0.4 is 5.32 Å². The minimum atomic E-state index is 0.0658. The van der Waals surface area contributed by atoms with Crippen LogP contribution in [-0.2, 0) is 6.42 Å². The molecule has 0 aliphatic rings. The first-order valence-corrected chi connectivity index (χ1v) is 7.64. The van der Waals surface area contributed by atoms with E-state index in [9.17, 15) is 5.11 Å². The zero-order valence-corrected chi connectivity index (χ0v) is 13.2. The average molecular weight is 334 g/mol. The Hall–Kier alpha value is -1.16. The smallest absolute Gasteiger partial charge is 0.0588 e. The van der Waals surface area contributed by atoms with Gasteiger partial charge in [-0.1, -0.05) is 58.4 Å². The molecule has 2 nitrogen and oxygen atoms in total. The molecule has 0 saturated heterocycles. The van der Waals surface area contributed by atoms with Gasteiger partial charge in [0.05, 0.1) is 6.61 Å². The van der Waals surface area contributed by atoms with Crippen molar-refractivity contribution in [3.8, 4) is 0 Å². The van der Waals surface area contributed by atoms with Crippen LogP contribution in [0.15, 0.2) is 59.1 Å². The van der Waals surface area contributed by atoms with Crippen LogP contribution in [0.1, 0.15) is 24.1 Å². The lowest BCUT2D eigenvalue weighted by molar-refractivity contribution is 0.232. The predicted molar refractivity (Wildman–Crippen MR) is 86.7 cm³/mol. The number of halogens is 1. The number of hydrogen-bond donors (Lipinski definition) is 2. The van der Waals surface area contributed by atoms with Crippen molar-refractivity contribution < 1.29 is 5.11 Å². The van der Waals surface area contributed by atoms with Gasteiger partial charge in [-0.15, -0.1) is 0 Å². The first-order chi connectivity index (χ1) is 9.69. The van der Waals surface area contributed by atoms with Crippen molar-refractivity contribution in [3.05, 3.63) is 70.2 Å². The zero-order valence-electron chi connectivity index (χ0n) is 11.6. The van der Waals surface area contributed by atoms with Gasteiger partial charge in [0.1, 0.15) is 0 Å². The molecule has 2 atom stereocenters. The molecule has 1 unspecified atom stereocenters. The van der Waals surface area contributed by atoms with Crippen LogP contribution in [-0.4, -0.2) is 17.8 Å². The van der Waals surface area contributed by atoms with Crippen molar-refractivity contribution >= 4 is 15.9 Å². The van der Waals surface area contributed by atoms with E-state index in [1.807, 2.05) is 30.3 Å². The average Bonchev–Trinajstić information content (AvgIpc) is 2.48. The van der Waals surface area contributed by atoms with Gasteiger partial charge in [-0.25, -0.2) is 0 Å². The highest BCUT2D eigenvalue weighted by molar-refractivity contribution is 9.10. The molecule has 2 N–H and O–H groups in total. The molecule has 0 aliphatic carbocycles. The van der Waals surface area contributed by atoms with E-state index in [-0.39, 0.29) is 18.7 Å². The van der Waals surface area contributed by atoms with E-state index in [4.69, 9.17) is 0 Å². The van der Waals surface area contributed by atoms with Gasteiger partial charge in [0, 0.05) is 16.6 Å². The van der Waals surface area contributed by atoms with Gasteiger partial charge in [-0.2, -0.15) is 0 Å². The summed E-state index contributed by atoms with van der Waals surface area (Å²) in [5, 5.41) is 13.0. The molecule has 2 aromatic carbocycles. The number of hydrogen-bond acceptors (Lipinski definition) is 2. The Labute approximate surface area is 129 Å². The molecular formula is C17H20BrNO. The van der Waals surface area contributed by atoms with Crippen LogP contribution in [0, 0.1) is 0 Å². The van der Waals surface area contributed by atoms with Crippen molar-refractivity contribution in [1.82, 2.24) is 5.32 Å². The summed E-state index contributed by atoms with van der Waals surface area (Å²) in [7, 11) is 0. The summed E-state index contributed by atoms with van der Waals surface area (Å²) >= 11 is 3.44. The SMILES string of the molecule is CC(N[C@@H](CO)Cc1ccccc1)c1ccc(Br)cc1. The number of aliphatic hydroxyl groups excluding tert-OH is 1. The molecular weight excluding hydrogens is 314 g/mol. The first kappa shape index (κ1) is 15.2. The van der Waals surface area contributed by atoms with Crippen molar-refractivity contribution in [2.24, 2.45) is 0 Å². The maximum atomic E-state index is 9.56. The van der Waals surface area contributed by atoms with Gasteiger partial charge in [0.15, 0.2) is 0 Å². The molecule has 0 heterocycles. The van der Waals surface area contributed by atoms with Gasteiger partial charge in [0.25, 0.3) is 0 Å². The largest absolute Gasteiger partial charge is 0.395 e. The predicted octanol–water partition coefficient (Wildman–Crippen LogP) is 3.70. The second-order valence-electron chi connectivity index (χ2n) is 5.01. The Morgan fingerprint density at radius 1 is 1.05 bits per heavy atom. The maximum absolute atomic E-state index is 9.56. The third-order valence-corrected chi connectivity index (χ3v) is 3.93. The number of aliphatic hydroxyl groups is 1. The lowest BCUT2D eigenvalue weighted by Crippen LogP contribution is -2.36. The third-order valence-electron chi connectivity index (χ3n) is 3.40. The number of rotatable bonds is 6. The van der Waals surface area contributed by atoms with Crippen molar-refractivity contribution in [1.29, 1.82) is 0 Å². The number of nitrogens with one attached hydrogen (secondary N) is 1. The summed E-state index contributed by atoms with van der Waals surface area (Å²) in [5.74, 6) is 0. The van der Waals surface area contributed by atoms with Crippen LogP contribution in [0.2, 0.25) is 0 Å². The maximum Gasteiger partial charge on any atom is 0.0588 e. The summed E-state index contributed by atoms with van der Waals surface area (Å²) in [5.41, 5.74) is 2.46. The van der Waals surface area contributed by atoms with E-state index in [0.29, 0.717) is 0 Å². The molecule has 106 valence electrons. The van der Waals surface area contributed by atoms with Crippen LogP contribution in [0.4, 0.5) is 0 Å². The summed E-state index contributed by atoms with van der Waals surface area (Å²) in [6.45, 7) is 2.26. The molecule has 0 amide bonds. The van der Waals surface area contributed by atoms with Gasteiger partial charge in [-0.05, 0) is 36.6 Å². The highest BCUT2D eigenvalue weighted by Gasteiger charge is 2.13. The second kappa shape index (κ2) is 7.58. The molecule has 0 radical (unpaired) electrons. The fourth-order valence-corrected chi connectivity index (χ4v) is 2.54. The van der Waals surface area contributed by atoms with E-state index >= 15 is 0 Å². The molecule has 0 aliphatic heterocycles. The zero-order chi connectivity index (χ0) is 14.4. The lowest BCUT2D eigenvalue weighted by Gasteiger charge is -2.22. The van der Waals surface area contributed by atoms with Gasteiger partial charge >= 0.3 is 0 Å². The Kier molecular flexibility index (Phi) is 5.77. The van der Waals surface area contributed by atoms with Crippen LogP contribution in [0.25, 0.3) is 0 Å². The molecule has 0 aromatic heterocycles. The lowest BCUT2D eigenvalue weighted by atomic mass is 10.0. The third kappa shape index (κ3) is 4.44. The molecule has 0 fully saturated rings. The first-order valence-electron chi connectivity index (χ1n) is 6.85. The van der Waals surface area contributed by atoms with E-state index < -0.39 is 0 Å². The van der Waals surface area contributed by atoms with Crippen molar-refractivity contribution in [3.63, 3.8) is 0 Å². The summed E-state index contributed by atoms with van der Waals surface area (Å²) in [4.78, 5) is 0. The number of benzene rings is 2. The molecule has 0 bridgehead atoms. The minimum Gasteiger partial charge on any atom is -0.395 e. The van der Waals surface area contributed by atoms with Crippen molar-refractivity contribution in [2.45, 2.75) is 25.4 Å². The molecule has 2 rings (SSSR count). The fraction of sp³-hybridized carbons (Fsp3) is 0.294. The minimum absolute atomic E-state index is 0.0658. The summed E-state index contributed by atoms with van der Waals surface area (Å²) in [6, 6.07) is 18.8. The van der Waals surface area contributed by atoms with E-state index in [1.54, 1.807) is 0 Å². The van der Waals surface area contributed by atoms with E-state index in [0.717, 1.165) is 10.9 Å². The monoisotopic (exact) mass is 333 g/mol. The van der Waals surface area contributed by atoms with E-state index in [1.165, 1.54) is 11.1 Å². The van der Waals surface area contributed by atoms with Crippen LogP contribution in [0.5, 0.6) is 0 Å². The Balaban J connectivity index is 1.97. The topological polar surface area (TPSA) is 32.3 Å². The highest BCUT2D eigenvalue weighted by atomic mass is 79.9. The van der Waals surface area contributed by atoms with Crippen molar-refractivity contribution in [2.75, 3.05) is 6.61 Å². The van der Waals surface area contributed by atoms with Gasteiger partial charge < -0.3 is 10.4 Å². The molecule has 2 aromatic rings. The Bertz CT molecular complexity index is 512. The fourth-order valence-electron chi connectivity index (χ4n) is 2.28. The Morgan fingerprint density at radius 2 is 1.70 bits per heavy atom. The summed E-state index contributed by atoms with van der Waals surface area (Å²) in [6.07, 6.45) is 0.832. The van der Waals surface area contributed by atoms with Gasteiger partial charge in [0.2, 0.25) is 0 Å². The second-order valence-corrected chi connectivity index (χ2v) is 5.92. The standard InChI is InChI=1S/C17H20BrNO/c1-13(15-7-9-16(18)10-8-15)19-17(12-20)11-14-5-3-2-4-6-14/h2-10,13,17,19-20H,11-12H2,1H3/t13?,17-/m1/s1. The molecule has 0 saturated carbocycles. The Morgan fingerprint density at radius 3 is 2.30 bits per heavy atom. The van der Waals surface area contributed by atoms with Crippen LogP contribution >= 0.6 is 15.9 Å². The summed E-state index contributed by atoms with van der Waals surface area (Å²) < 4.78 is 1.08.